The summed E-state index contributed by atoms with van der Waals surface area (Å²) >= 11 is 0. The third-order valence-corrected chi connectivity index (χ3v) is 5.26. The van der Waals surface area contributed by atoms with E-state index in [1.165, 1.54) is 5.56 Å². The number of pyridine rings is 2. The summed E-state index contributed by atoms with van der Waals surface area (Å²) in [6.07, 6.45) is 6.54. The van der Waals surface area contributed by atoms with E-state index in [4.69, 9.17) is 4.74 Å². The first-order chi connectivity index (χ1) is 13.4. The van der Waals surface area contributed by atoms with Crippen molar-refractivity contribution >= 4 is 0 Å². The molecule has 1 aliphatic rings. The van der Waals surface area contributed by atoms with Crippen LogP contribution >= 0.6 is 0 Å². The summed E-state index contributed by atoms with van der Waals surface area (Å²) in [5.74, 6) is 2.06. The molecule has 0 aliphatic heterocycles. The lowest BCUT2D eigenvalue weighted by molar-refractivity contribution is 0.285. The average Bonchev–Trinajstić information content (AvgIpc) is 3.44. The zero-order valence-electron chi connectivity index (χ0n) is 16.6. The maximum absolute atomic E-state index is 12.1. The van der Waals surface area contributed by atoms with Crippen molar-refractivity contribution < 1.29 is 4.74 Å². The molecule has 2 atom stereocenters. The molecule has 1 saturated carbocycles. The first-order valence-corrected chi connectivity index (χ1v) is 9.49. The van der Waals surface area contributed by atoms with E-state index in [9.17, 15) is 4.79 Å². The third-order valence-electron chi connectivity index (χ3n) is 5.26. The van der Waals surface area contributed by atoms with Gasteiger partial charge in [0.2, 0.25) is 5.88 Å². The van der Waals surface area contributed by atoms with Crippen LogP contribution in [0.3, 0.4) is 0 Å². The van der Waals surface area contributed by atoms with Crippen molar-refractivity contribution in [1.82, 2.24) is 19.5 Å². The molecule has 3 heterocycles. The summed E-state index contributed by atoms with van der Waals surface area (Å²) < 4.78 is 7.68. The van der Waals surface area contributed by atoms with Crippen molar-refractivity contribution in [2.45, 2.75) is 33.1 Å². The molecular weight excluding hydrogens is 352 g/mol. The second-order valence-corrected chi connectivity index (χ2v) is 7.63. The van der Waals surface area contributed by atoms with E-state index in [1.54, 1.807) is 23.9 Å². The van der Waals surface area contributed by atoms with Gasteiger partial charge in [0.05, 0.1) is 12.2 Å². The Morgan fingerprint density at radius 1 is 1.14 bits per heavy atom. The molecule has 3 aromatic rings. The number of hydrogen-bond acceptors (Lipinski definition) is 5. The van der Waals surface area contributed by atoms with E-state index >= 15 is 0 Å². The molecule has 0 radical (unpaired) electrons. The number of hydrogen-bond donors (Lipinski definition) is 0. The lowest BCUT2D eigenvalue weighted by Crippen LogP contribution is -2.16. The molecule has 1 fully saturated rings. The summed E-state index contributed by atoms with van der Waals surface area (Å²) in [4.78, 5) is 25.5. The molecule has 0 spiro atoms. The average molecular weight is 376 g/mol. The number of aromatic nitrogens is 4. The molecular formula is C22H24N4O2. The number of ether oxygens (including phenoxy) is 1. The van der Waals surface area contributed by atoms with E-state index in [1.807, 2.05) is 33.2 Å². The highest BCUT2D eigenvalue weighted by atomic mass is 16.5. The molecule has 6 heteroatoms. The molecule has 28 heavy (non-hydrogen) atoms. The Morgan fingerprint density at radius 3 is 2.71 bits per heavy atom. The van der Waals surface area contributed by atoms with Crippen molar-refractivity contribution in [2.24, 2.45) is 13.0 Å². The summed E-state index contributed by atoms with van der Waals surface area (Å²) in [7, 11) is 1.74. The molecule has 0 amide bonds. The molecule has 144 valence electrons. The molecule has 0 saturated heterocycles. The predicted octanol–water partition coefficient (Wildman–Crippen LogP) is 3.35. The summed E-state index contributed by atoms with van der Waals surface area (Å²) in [5, 5.41) is 0. The lowest BCUT2D eigenvalue weighted by atomic mass is 10.1. The SMILES string of the molecule is Cc1ccc(C2CC2COc2nc(C)ncc2-c2cc(=O)n(C)cc2C)nc1. The maximum atomic E-state index is 12.1. The van der Waals surface area contributed by atoms with Gasteiger partial charge in [-0.1, -0.05) is 6.07 Å². The minimum absolute atomic E-state index is 0.0696. The molecule has 4 rings (SSSR count). The van der Waals surface area contributed by atoms with Gasteiger partial charge in [0, 0.05) is 49.2 Å². The quantitative estimate of drug-likeness (QED) is 0.683. The van der Waals surface area contributed by atoms with Crippen molar-refractivity contribution in [3.8, 4) is 17.0 Å². The predicted molar refractivity (Wildman–Crippen MR) is 108 cm³/mol. The van der Waals surface area contributed by atoms with Gasteiger partial charge >= 0.3 is 0 Å². The molecule has 0 aromatic carbocycles. The number of rotatable bonds is 5. The molecule has 6 nitrogen and oxygen atoms in total. The van der Waals surface area contributed by atoms with Gasteiger partial charge in [-0.2, -0.15) is 4.98 Å². The Balaban J connectivity index is 1.54. The van der Waals surface area contributed by atoms with Crippen LogP contribution in [0.5, 0.6) is 5.88 Å². The van der Waals surface area contributed by atoms with Crippen LogP contribution in [0, 0.1) is 26.7 Å². The fourth-order valence-electron chi connectivity index (χ4n) is 3.48. The van der Waals surface area contributed by atoms with E-state index in [2.05, 4.69) is 27.1 Å². The van der Waals surface area contributed by atoms with Gasteiger partial charge < -0.3 is 9.30 Å². The van der Waals surface area contributed by atoms with Crippen LogP contribution in [0.4, 0.5) is 0 Å². The standard InChI is InChI=1S/C22H24N4O2/c1-13-5-6-20(24-9-13)18-7-16(18)12-28-22-19(10-23-15(3)25-22)17-8-21(27)26(4)11-14(17)2/h5-6,8-11,16,18H,7,12H2,1-4H3. The maximum Gasteiger partial charge on any atom is 0.250 e. The minimum Gasteiger partial charge on any atom is -0.477 e. The zero-order valence-corrected chi connectivity index (χ0v) is 16.6. The first kappa shape index (κ1) is 18.3. The van der Waals surface area contributed by atoms with E-state index in [0.717, 1.165) is 28.8 Å². The largest absolute Gasteiger partial charge is 0.477 e. The Morgan fingerprint density at radius 2 is 1.96 bits per heavy atom. The van der Waals surface area contributed by atoms with Crippen molar-refractivity contribution in [3.63, 3.8) is 0 Å². The van der Waals surface area contributed by atoms with E-state index in [-0.39, 0.29) is 5.56 Å². The second kappa shape index (κ2) is 7.19. The van der Waals surface area contributed by atoms with E-state index in [0.29, 0.717) is 30.1 Å². The monoisotopic (exact) mass is 376 g/mol. The molecule has 0 N–H and O–H groups in total. The van der Waals surface area contributed by atoms with Gasteiger partial charge in [-0.25, -0.2) is 4.98 Å². The van der Waals surface area contributed by atoms with Crippen LogP contribution in [-0.2, 0) is 7.05 Å². The Hall–Kier alpha value is -3.02. The van der Waals surface area contributed by atoms with Crippen molar-refractivity contribution in [1.29, 1.82) is 0 Å². The van der Waals surface area contributed by atoms with Crippen LogP contribution in [0.2, 0.25) is 0 Å². The van der Waals surface area contributed by atoms with Crippen molar-refractivity contribution in [2.75, 3.05) is 6.61 Å². The van der Waals surface area contributed by atoms with Gasteiger partial charge in [0.25, 0.3) is 5.56 Å². The van der Waals surface area contributed by atoms with Gasteiger partial charge in [-0.05, 0) is 49.9 Å². The van der Waals surface area contributed by atoms with Crippen LogP contribution in [0.15, 0.2) is 41.6 Å². The molecule has 2 unspecified atom stereocenters. The van der Waals surface area contributed by atoms with Crippen LogP contribution in [-0.4, -0.2) is 26.1 Å². The Kier molecular flexibility index (Phi) is 4.71. The Bertz CT molecular complexity index is 1070. The highest BCUT2D eigenvalue weighted by molar-refractivity contribution is 5.70. The van der Waals surface area contributed by atoms with Gasteiger partial charge in [0.1, 0.15) is 5.82 Å². The normalized spacial score (nSPS) is 18.1. The zero-order chi connectivity index (χ0) is 19.8. The van der Waals surface area contributed by atoms with Crippen molar-refractivity contribution in [3.05, 3.63) is 69.8 Å². The first-order valence-electron chi connectivity index (χ1n) is 9.49. The van der Waals surface area contributed by atoms with Crippen LogP contribution in [0.25, 0.3) is 11.1 Å². The van der Waals surface area contributed by atoms with Gasteiger partial charge in [0.15, 0.2) is 0 Å². The van der Waals surface area contributed by atoms with Gasteiger partial charge in [-0.15, -0.1) is 0 Å². The van der Waals surface area contributed by atoms with Gasteiger partial charge in [-0.3, -0.25) is 9.78 Å². The van der Waals surface area contributed by atoms with E-state index < -0.39 is 0 Å². The number of nitrogens with zero attached hydrogens (tertiary/aromatic N) is 4. The van der Waals surface area contributed by atoms with Crippen LogP contribution < -0.4 is 10.3 Å². The lowest BCUT2D eigenvalue weighted by Gasteiger charge is -2.13. The highest BCUT2D eigenvalue weighted by Gasteiger charge is 2.40. The van der Waals surface area contributed by atoms with Crippen LogP contribution in [0.1, 0.15) is 35.0 Å². The fraction of sp³-hybridized carbons (Fsp3) is 0.364. The molecule has 3 aromatic heterocycles. The number of aryl methyl sites for hydroxylation is 4. The molecule has 1 aliphatic carbocycles. The molecule has 0 bridgehead atoms. The summed E-state index contributed by atoms with van der Waals surface area (Å²) in [5.41, 5.74) is 4.77. The minimum atomic E-state index is -0.0696. The third kappa shape index (κ3) is 3.67. The summed E-state index contributed by atoms with van der Waals surface area (Å²) in [6, 6.07) is 5.82. The fourth-order valence-corrected chi connectivity index (χ4v) is 3.48. The summed E-state index contributed by atoms with van der Waals surface area (Å²) in [6.45, 7) is 6.43. The second-order valence-electron chi connectivity index (χ2n) is 7.63. The Labute approximate surface area is 164 Å². The topological polar surface area (TPSA) is 69.9 Å². The highest BCUT2D eigenvalue weighted by Crippen LogP contribution is 2.47. The smallest absolute Gasteiger partial charge is 0.250 e.